The van der Waals surface area contributed by atoms with Crippen LogP contribution in [-0.2, 0) is 0 Å². The molecule has 0 bridgehead atoms. The summed E-state index contributed by atoms with van der Waals surface area (Å²) in [4.78, 5) is 27.9. The molecule has 1 fully saturated rings. The number of ether oxygens (including phenoxy) is 1. The number of anilines is 1. The van der Waals surface area contributed by atoms with E-state index in [1.807, 2.05) is 24.3 Å². The SMILES string of the molecule is CN1CCC(Oc2nc3cnc(NC(=O)c4ccccc4)cc3cc2-c2cnco2)CC1. The lowest BCUT2D eigenvalue weighted by Gasteiger charge is -2.29. The van der Waals surface area contributed by atoms with E-state index >= 15 is 0 Å². The molecular formula is C24H23N5O3. The number of nitrogens with one attached hydrogen (secondary N) is 1. The molecule has 0 aliphatic carbocycles. The van der Waals surface area contributed by atoms with E-state index in [9.17, 15) is 4.79 Å². The molecule has 1 aliphatic rings. The number of piperidine rings is 1. The number of nitrogens with zero attached hydrogens (tertiary/aromatic N) is 4. The third-order valence-electron chi connectivity index (χ3n) is 5.59. The number of likely N-dealkylation sites (tertiary alicyclic amines) is 1. The van der Waals surface area contributed by atoms with Crippen molar-refractivity contribution in [2.24, 2.45) is 0 Å². The minimum Gasteiger partial charge on any atom is -0.474 e. The summed E-state index contributed by atoms with van der Waals surface area (Å²) < 4.78 is 11.8. The van der Waals surface area contributed by atoms with Gasteiger partial charge in [0.25, 0.3) is 5.91 Å². The summed E-state index contributed by atoms with van der Waals surface area (Å²) in [6, 6.07) is 12.8. The summed E-state index contributed by atoms with van der Waals surface area (Å²) in [5.41, 5.74) is 1.96. The maximum Gasteiger partial charge on any atom is 0.256 e. The molecule has 1 N–H and O–H groups in total. The highest BCUT2D eigenvalue weighted by atomic mass is 16.5. The minimum absolute atomic E-state index is 0.0928. The molecule has 4 heterocycles. The topological polar surface area (TPSA) is 93.4 Å². The highest BCUT2D eigenvalue weighted by Gasteiger charge is 2.22. The van der Waals surface area contributed by atoms with Crippen LogP contribution in [0.2, 0.25) is 0 Å². The second kappa shape index (κ2) is 8.76. The number of hydrogen-bond acceptors (Lipinski definition) is 7. The zero-order valence-corrected chi connectivity index (χ0v) is 17.7. The highest BCUT2D eigenvalue weighted by molar-refractivity contribution is 6.04. The number of fused-ring (bicyclic) bond motifs is 1. The van der Waals surface area contributed by atoms with Gasteiger partial charge in [-0.2, -0.15) is 0 Å². The third-order valence-corrected chi connectivity index (χ3v) is 5.59. The van der Waals surface area contributed by atoms with Crippen molar-refractivity contribution >= 4 is 22.6 Å². The summed E-state index contributed by atoms with van der Waals surface area (Å²) in [6.07, 6.45) is 6.64. The quantitative estimate of drug-likeness (QED) is 0.512. The van der Waals surface area contributed by atoms with Gasteiger partial charge < -0.3 is 19.4 Å². The van der Waals surface area contributed by atoms with Crippen LogP contribution in [0.5, 0.6) is 5.88 Å². The van der Waals surface area contributed by atoms with Gasteiger partial charge in [-0.05, 0) is 44.2 Å². The average Bonchev–Trinajstić information content (AvgIpc) is 3.36. The molecule has 0 atom stereocenters. The van der Waals surface area contributed by atoms with Gasteiger partial charge in [-0.25, -0.2) is 15.0 Å². The molecule has 1 aliphatic heterocycles. The van der Waals surface area contributed by atoms with Crippen LogP contribution in [0, 0.1) is 0 Å². The number of carbonyl (C=O) groups excluding carboxylic acids is 1. The number of rotatable bonds is 5. The smallest absolute Gasteiger partial charge is 0.256 e. The van der Waals surface area contributed by atoms with Crippen LogP contribution in [-0.4, -0.2) is 52.0 Å². The molecule has 0 radical (unpaired) electrons. The molecule has 0 spiro atoms. The molecule has 1 amide bonds. The number of aromatic nitrogens is 3. The van der Waals surface area contributed by atoms with Crippen LogP contribution >= 0.6 is 0 Å². The van der Waals surface area contributed by atoms with E-state index in [1.165, 1.54) is 6.39 Å². The van der Waals surface area contributed by atoms with Crippen LogP contribution in [0.1, 0.15) is 23.2 Å². The van der Waals surface area contributed by atoms with E-state index in [0.717, 1.165) is 36.9 Å². The van der Waals surface area contributed by atoms with E-state index in [4.69, 9.17) is 14.1 Å². The molecular weight excluding hydrogens is 406 g/mol. The molecule has 1 saturated heterocycles. The van der Waals surface area contributed by atoms with Crippen LogP contribution in [0.3, 0.4) is 0 Å². The van der Waals surface area contributed by atoms with Crippen molar-refractivity contribution in [3.05, 3.63) is 66.8 Å². The van der Waals surface area contributed by atoms with Crippen molar-refractivity contribution in [3.8, 4) is 17.2 Å². The number of carbonyl (C=O) groups is 1. The number of hydrogen-bond donors (Lipinski definition) is 1. The minimum atomic E-state index is -0.219. The summed E-state index contributed by atoms with van der Waals surface area (Å²) in [5, 5.41) is 3.65. The van der Waals surface area contributed by atoms with E-state index in [-0.39, 0.29) is 12.0 Å². The van der Waals surface area contributed by atoms with Gasteiger partial charge in [-0.15, -0.1) is 0 Å². The largest absolute Gasteiger partial charge is 0.474 e. The van der Waals surface area contributed by atoms with Crippen molar-refractivity contribution < 1.29 is 13.9 Å². The zero-order chi connectivity index (χ0) is 21.9. The zero-order valence-electron chi connectivity index (χ0n) is 17.7. The fourth-order valence-electron chi connectivity index (χ4n) is 3.78. The molecule has 0 unspecified atom stereocenters. The summed E-state index contributed by atoms with van der Waals surface area (Å²) in [7, 11) is 2.12. The van der Waals surface area contributed by atoms with Gasteiger partial charge in [0.05, 0.1) is 23.5 Å². The Morgan fingerprint density at radius 2 is 1.97 bits per heavy atom. The Morgan fingerprint density at radius 1 is 1.16 bits per heavy atom. The van der Waals surface area contributed by atoms with Gasteiger partial charge >= 0.3 is 0 Å². The number of amides is 1. The first kappa shape index (κ1) is 20.1. The maximum absolute atomic E-state index is 12.5. The molecule has 32 heavy (non-hydrogen) atoms. The van der Waals surface area contributed by atoms with Crippen molar-refractivity contribution in [1.82, 2.24) is 19.9 Å². The number of oxazole rings is 1. The fourth-order valence-corrected chi connectivity index (χ4v) is 3.78. The van der Waals surface area contributed by atoms with E-state index in [1.54, 1.807) is 30.6 Å². The second-order valence-electron chi connectivity index (χ2n) is 7.91. The van der Waals surface area contributed by atoms with Crippen LogP contribution in [0.15, 0.2) is 65.7 Å². The van der Waals surface area contributed by atoms with Gasteiger partial charge in [-0.1, -0.05) is 18.2 Å². The van der Waals surface area contributed by atoms with Crippen LogP contribution in [0.4, 0.5) is 5.82 Å². The Balaban J connectivity index is 1.46. The predicted molar refractivity (Wildman–Crippen MR) is 121 cm³/mol. The normalized spacial score (nSPS) is 15.0. The first-order valence-corrected chi connectivity index (χ1v) is 10.6. The lowest BCUT2D eigenvalue weighted by Crippen LogP contribution is -2.35. The first-order valence-electron chi connectivity index (χ1n) is 10.6. The summed E-state index contributed by atoms with van der Waals surface area (Å²) >= 11 is 0. The van der Waals surface area contributed by atoms with Crippen LogP contribution in [0.25, 0.3) is 22.2 Å². The third kappa shape index (κ3) is 4.31. The molecule has 8 nitrogen and oxygen atoms in total. The molecule has 5 rings (SSSR count). The van der Waals surface area contributed by atoms with Crippen molar-refractivity contribution in [2.75, 3.05) is 25.5 Å². The Bertz CT molecular complexity index is 1220. The van der Waals surface area contributed by atoms with E-state index < -0.39 is 0 Å². The fraction of sp³-hybridized carbons (Fsp3) is 0.250. The standard InChI is InChI=1S/C24H23N5O3/c1-29-9-7-18(8-10-29)32-24-19(21-14-25-15-31-21)11-17-12-22(26-13-20(17)27-24)28-23(30)16-5-3-2-4-6-16/h2-6,11-15,18H,7-10H2,1H3,(H,26,28,30). The van der Waals surface area contributed by atoms with Gasteiger partial charge in [0.15, 0.2) is 12.2 Å². The van der Waals surface area contributed by atoms with Crippen molar-refractivity contribution in [3.63, 3.8) is 0 Å². The maximum atomic E-state index is 12.5. The second-order valence-corrected chi connectivity index (χ2v) is 7.91. The van der Waals surface area contributed by atoms with E-state index in [2.05, 4.69) is 27.2 Å². The Kier molecular flexibility index (Phi) is 5.51. The molecule has 8 heteroatoms. The summed E-state index contributed by atoms with van der Waals surface area (Å²) in [5.74, 6) is 1.31. The number of benzene rings is 1. The Labute approximate surface area is 185 Å². The lowest BCUT2D eigenvalue weighted by atomic mass is 10.1. The van der Waals surface area contributed by atoms with Crippen LogP contribution < -0.4 is 10.1 Å². The van der Waals surface area contributed by atoms with Crippen molar-refractivity contribution in [1.29, 1.82) is 0 Å². The Hall–Kier alpha value is -3.78. The molecule has 3 aromatic heterocycles. The predicted octanol–water partition coefficient (Wildman–Crippen LogP) is 4.01. The molecule has 4 aromatic rings. The average molecular weight is 429 g/mol. The lowest BCUT2D eigenvalue weighted by molar-refractivity contribution is 0.102. The number of pyridine rings is 2. The Morgan fingerprint density at radius 3 is 2.72 bits per heavy atom. The first-order chi connectivity index (χ1) is 15.7. The molecule has 162 valence electrons. The van der Waals surface area contributed by atoms with Gasteiger partial charge in [0.2, 0.25) is 5.88 Å². The highest BCUT2D eigenvalue weighted by Crippen LogP contribution is 2.33. The van der Waals surface area contributed by atoms with Gasteiger partial charge in [-0.3, -0.25) is 4.79 Å². The molecule has 1 aromatic carbocycles. The van der Waals surface area contributed by atoms with Gasteiger partial charge in [0.1, 0.15) is 11.9 Å². The summed E-state index contributed by atoms with van der Waals surface area (Å²) in [6.45, 7) is 1.98. The van der Waals surface area contributed by atoms with Crippen molar-refractivity contribution in [2.45, 2.75) is 18.9 Å². The molecule has 0 saturated carbocycles. The van der Waals surface area contributed by atoms with E-state index in [0.29, 0.717) is 28.5 Å². The monoisotopic (exact) mass is 429 g/mol. The van der Waals surface area contributed by atoms with Gasteiger partial charge in [0, 0.05) is 24.0 Å².